The fourth-order valence-electron chi connectivity index (χ4n) is 5.34. The van der Waals surface area contributed by atoms with Crippen LogP contribution < -0.4 is 5.32 Å². The minimum Gasteiger partial charge on any atom is -0.463 e. The third-order valence-corrected chi connectivity index (χ3v) is 7.96. The zero-order valence-corrected chi connectivity index (χ0v) is 32.4. The van der Waals surface area contributed by atoms with Gasteiger partial charge < -0.3 is 62.2 Å². The van der Waals surface area contributed by atoms with Gasteiger partial charge in [-0.3, -0.25) is 4.79 Å². The summed E-state index contributed by atoms with van der Waals surface area (Å²) >= 11 is 0. The molecule has 0 aliphatic heterocycles. The smallest absolute Gasteiger partial charge is 0.407 e. The van der Waals surface area contributed by atoms with E-state index in [0.717, 1.165) is 0 Å². The summed E-state index contributed by atoms with van der Waals surface area (Å²) < 4.78 is 64.9. The number of esters is 1. The molecule has 0 unspecified atom stereocenters. The van der Waals surface area contributed by atoms with Crippen LogP contribution in [-0.4, -0.2) is 164 Å². The highest BCUT2D eigenvalue weighted by Gasteiger charge is 2.28. The first-order valence-corrected chi connectivity index (χ1v) is 19.2. The maximum absolute atomic E-state index is 12.3. The standard InChI is InChI=1S/C40H61NO14/c1-34(42)54-32-31-53-30-29-52-28-27-51-26-25-50-24-23-49-22-21-48-20-19-47-18-17-46-16-15-45-14-13-44-12-6-11-41-40(43)55-33-39-37-9-4-2-7-35(37)36-8-3-5-10-38(36)39/h2-5,7-10,39H,6,11-33H2,1H3,(H,41,43). The van der Waals surface area contributed by atoms with Gasteiger partial charge in [-0.25, -0.2) is 4.79 Å². The van der Waals surface area contributed by atoms with Crippen molar-refractivity contribution < 1.29 is 66.4 Å². The van der Waals surface area contributed by atoms with Crippen molar-refractivity contribution in [1.29, 1.82) is 0 Å². The molecule has 2 aromatic rings. The Bertz CT molecular complexity index is 1220. The second-order valence-corrected chi connectivity index (χ2v) is 12.1. The van der Waals surface area contributed by atoms with Crippen LogP contribution in [0.5, 0.6) is 0 Å². The Morgan fingerprint density at radius 1 is 0.455 bits per heavy atom. The molecule has 0 atom stereocenters. The molecule has 0 fully saturated rings. The van der Waals surface area contributed by atoms with E-state index in [4.69, 9.17) is 56.8 Å². The number of carbonyl (C=O) groups is 2. The van der Waals surface area contributed by atoms with Crippen molar-refractivity contribution in [3.8, 4) is 11.1 Å². The largest absolute Gasteiger partial charge is 0.463 e. The fraction of sp³-hybridized carbons (Fsp3) is 0.650. The minimum atomic E-state index is -0.418. The molecular weight excluding hydrogens is 718 g/mol. The molecule has 0 saturated heterocycles. The molecule has 1 amide bonds. The summed E-state index contributed by atoms with van der Waals surface area (Å²) in [5.41, 5.74) is 4.80. The van der Waals surface area contributed by atoms with E-state index in [2.05, 4.69) is 29.6 Å². The lowest BCUT2D eigenvalue weighted by Crippen LogP contribution is -2.27. The Labute approximate surface area is 325 Å². The lowest BCUT2D eigenvalue weighted by molar-refractivity contribution is -0.142. The monoisotopic (exact) mass is 779 g/mol. The molecule has 55 heavy (non-hydrogen) atoms. The van der Waals surface area contributed by atoms with Crippen LogP contribution in [0.2, 0.25) is 0 Å². The maximum Gasteiger partial charge on any atom is 0.407 e. The Hall–Kier alpha value is -3.22. The average Bonchev–Trinajstić information content (AvgIpc) is 3.51. The van der Waals surface area contributed by atoms with Crippen LogP contribution in [0.15, 0.2) is 48.5 Å². The fourth-order valence-corrected chi connectivity index (χ4v) is 5.34. The lowest BCUT2D eigenvalue weighted by Gasteiger charge is -2.14. The maximum atomic E-state index is 12.3. The first kappa shape index (κ1) is 46.2. The number of alkyl carbamates (subject to hydrolysis) is 1. The third-order valence-electron chi connectivity index (χ3n) is 7.96. The van der Waals surface area contributed by atoms with Crippen LogP contribution >= 0.6 is 0 Å². The second kappa shape index (κ2) is 31.9. The molecule has 1 N–H and O–H groups in total. The quantitative estimate of drug-likeness (QED) is 0.0790. The number of hydrogen-bond donors (Lipinski definition) is 1. The van der Waals surface area contributed by atoms with E-state index in [0.29, 0.717) is 152 Å². The number of ether oxygens (including phenoxy) is 12. The average molecular weight is 780 g/mol. The summed E-state index contributed by atoms with van der Waals surface area (Å²) in [5.74, 6) is -0.268. The van der Waals surface area contributed by atoms with Crippen molar-refractivity contribution in [3.05, 3.63) is 59.7 Å². The van der Waals surface area contributed by atoms with Crippen molar-refractivity contribution in [2.75, 3.05) is 152 Å². The van der Waals surface area contributed by atoms with Crippen LogP contribution in [-0.2, 0) is 61.6 Å². The highest BCUT2D eigenvalue weighted by Crippen LogP contribution is 2.44. The van der Waals surface area contributed by atoms with Gasteiger partial charge >= 0.3 is 12.1 Å². The molecule has 15 heteroatoms. The molecule has 0 saturated carbocycles. The topological polar surface area (TPSA) is 157 Å². The summed E-state index contributed by atoms with van der Waals surface area (Å²) in [6, 6.07) is 16.6. The highest BCUT2D eigenvalue weighted by atomic mass is 16.6. The lowest BCUT2D eigenvalue weighted by atomic mass is 9.98. The number of fused-ring (bicyclic) bond motifs is 3. The summed E-state index contributed by atoms with van der Waals surface area (Å²) in [7, 11) is 0. The van der Waals surface area contributed by atoms with Gasteiger partial charge in [0.15, 0.2) is 0 Å². The van der Waals surface area contributed by atoms with E-state index < -0.39 is 6.09 Å². The van der Waals surface area contributed by atoms with Gasteiger partial charge in [-0.15, -0.1) is 0 Å². The van der Waals surface area contributed by atoms with Gasteiger partial charge in [-0.2, -0.15) is 0 Å². The van der Waals surface area contributed by atoms with E-state index in [1.807, 2.05) is 24.3 Å². The van der Waals surface area contributed by atoms with E-state index in [-0.39, 0.29) is 18.5 Å². The van der Waals surface area contributed by atoms with E-state index >= 15 is 0 Å². The molecule has 310 valence electrons. The minimum absolute atomic E-state index is 0.0466. The van der Waals surface area contributed by atoms with E-state index in [1.165, 1.54) is 29.2 Å². The molecule has 0 spiro atoms. The summed E-state index contributed by atoms with van der Waals surface area (Å²) in [6.45, 7) is 11.9. The van der Waals surface area contributed by atoms with Gasteiger partial charge in [0.05, 0.1) is 126 Å². The Balaban J connectivity index is 0.943. The van der Waals surface area contributed by atoms with Crippen LogP contribution in [0, 0.1) is 0 Å². The highest BCUT2D eigenvalue weighted by molar-refractivity contribution is 5.79. The molecule has 3 rings (SSSR count). The zero-order chi connectivity index (χ0) is 38.9. The third kappa shape index (κ3) is 22.2. The first-order valence-electron chi connectivity index (χ1n) is 19.2. The number of nitrogens with one attached hydrogen (secondary N) is 1. The van der Waals surface area contributed by atoms with Crippen molar-refractivity contribution in [1.82, 2.24) is 5.32 Å². The second-order valence-electron chi connectivity index (χ2n) is 12.1. The Morgan fingerprint density at radius 2 is 0.782 bits per heavy atom. The van der Waals surface area contributed by atoms with Gasteiger partial charge in [0.25, 0.3) is 0 Å². The molecule has 15 nitrogen and oxygen atoms in total. The predicted octanol–water partition coefficient (Wildman–Crippen LogP) is 3.64. The summed E-state index contributed by atoms with van der Waals surface area (Å²) in [5, 5.41) is 2.80. The molecule has 2 aromatic carbocycles. The summed E-state index contributed by atoms with van der Waals surface area (Å²) in [4.78, 5) is 22.9. The van der Waals surface area contributed by atoms with Crippen molar-refractivity contribution in [3.63, 3.8) is 0 Å². The Kier molecular flexibility index (Phi) is 26.8. The van der Waals surface area contributed by atoms with E-state index in [1.54, 1.807) is 0 Å². The van der Waals surface area contributed by atoms with Gasteiger partial charge in [-0.1, -0.05) is 48.5 Å². The number of amides is 1. The van der Waals surface area contributed by atoms with Gasteiger partial charge in [0, 0.05) is 26.0 Å². The zero-order valence-electron chi connectivity index (χ0n) is 32.4. The van der Waals surface area contributed by atoms with Gasteiger partial charge in [0.1, 0.15) is 13.2 Å². The summed E-state index contributed by atoms with van der Waals surface area (Å²) in [6.07, 6.45) is 0.262. The number of hydrogen-bond acceptors (Lipinski definition) is 14. The molecule has 0 heterocycles. The van der Waals surface area contributed by atoms with Gasteiger partial charge in [0.2, 0.25) is 0 Å². The van der Waals surface area contributed by atoms with Crippen LogP contribution in [0.3, 0.4) is 0 Å². The molecule has 1 aliphatic rings. The molecule has 1 aliphatic carbocycles. The molecule has 0 radical (unpaired) electrons. The molecular formula is C40H61NO14. The van der Waals surface area contributed by atoms with Crippen LogP contribution in [0.4, 0.5) is 4.79 Å². The van der Waals surface area contributed by atoms with Gasteiger partial charge in [-0.05, 0) is 28.7 Å². The van der Waals surface area contributed by atoms with Crippen molar-refractivity contribution >= 4 is 12.1 Å². The number of carbonyl (C=O) groups excluding carboxylic acids is 2. The molecule has 0 aromatic heterocycles. The van der Waals surface area contributed by atoms with Crippen molar-refractivity contribution in [2.45, 2.75) is 19.3 Å². The normalized spacial score (nSPS) is 12.1. The SMILES string of the molecule is CC(=O)OCCOCCOCCOCCOCCOCCOCCOCCOCCOCCOCCCNC(=O)OCC1c2ccccc2-c2ccccc21. The number of benzene rings is 2. The van der Waals surface area contributed by atoms with Crippen molar-refractivity contribution in [2.24, 2.45) is 0 Å². The van der Waals surface area contributed by atoms with Crippen LogP contribution in [0.25, 0.3) is 11.1 Å². The Morgan fingerprint density at radius 3 is 1.15 bits per heavy atom. The van der Waals surface area contributed by atoms with E-state index in [9.17, 15) is 9.59 Å². The molecule has 0 bridgehead atoms. The van der Waals surface area contributed by atoms with Crippen LogP contribution in [0.1, 0.15) is 30.4 Å². The number of rotatable bonds is 36. The first-order chi connectivity index (χ1) is 27.2. The predicted molar refractivity (Wildman–Crippen MR) is 203 cm³/mol.